The summed E-state index contributed by atoms with van der Waals surface area (Å²) in [5.74, 6) is 0.0598. The monoisotopic (exact) mass is 418 g/mol. The van der Waals surface area contributed by atoms with Crippen molar-refractivity contribution in [3.63, 3.8) is 0 Å². The van der Waals surface area contributed by atoms with Crippen molar-refractivity contribution in [3.05, 3.63) is 53.7 Å². The highest BCUT2D eigenvalue weighted by Gasteiger charge is 2.20. The van der Waals surface area contributed by atoms with E-state index in [0.717, 1.165) is 41.4 Å². The van der Waals surface area contributed by atoms with Crippen LogP contribution >= 0.6 is 0 Å². The molecule has 0 unspecified atom stereocenters. The van der Waals surface area contributed by atoms with E-state index < -0.39 is 0 Å². The van der Waals surface area contributed by atoms with Gasteiger partial charge >= 0.3 is 5.97 Å². The van der Waals surface area contributed by atoms with Crippen LogP contribution in [0, 0.1) is 0 Å². The van der Waals surface area contributed by atoms with Crippen molar-refractivity contribution in [1.29, 1.82) is 0 Å². The van der Waals surface area contributed by atoms with Crippen molar-refractivity contribution >= 4 is 33.9 Å². The number of nitrogens with two attached hydrogens (primary N) is 1. The van der Waals surface area contributed by atoms with E-state index in [4.69, 9.17) is 15.5 Å². The van der Waals surface area contributed by atoms with Gasteiger partial charge in [0, 0.05) is 17.6 Å². The van der Waals surface area contributed by atoms with Gasteiger partial charge in [0.05, 0.1) is 24.0 Å². The summed E-state index contributed by atoms with van der Waals surface area (Å²) < 4.78 is 7.58. The molecule has 8 nitrogen and oxygen atoms in total. The predicted molar refractivity (Wildman–Crippen MR) is 120 cm³/mol. The van der Waals surface area contributed by atoms with Gasteiger partial charge in [0.15, 0.2) is 11.5 Å². The first kappa shape index (κ1) is 20.7. The summed E-state index contributed by atoms with van der Waals surface area (Å²) in [5, 5.41) is 0.844. The fourth-order valence-electron chi connectivity index (χ4n) is 3.89. The number of aryl methyl sites for hydroxylation is 2. The Morgan fingerprint density at radius 2 is 2.00 bits per heavy atom. The molecule has 0 aliphatic carbocycles. The fourth-order valence-corrected chi connectivity index (χ4v) is 3.89. The van der Waals surface area contributed by atoms with E-state index in [0.29, 0.717) is 42.1 Å². The zero-order valence-electron chi connectivity index (χ0n) is 17.8. The average Bonchev–Trinajstić information content (AvgIpc) is 3.20. The number of nitrogen functional groups attached to an aromatic ring is 1. The summed E-state index contributed by atoms with van der Waals surface area (Å²) in [6.45, 7) is 5.08. The molecule has 3 heterocycles. The zero-order chi connectivity index (χ0) is 21.8. The number of fused-ring (bicyclic) bond motifs is 2. The third-order valence-corrected chi connectivity index (χ3v) is 5.33. The van der Waals surface area contributed by atoms with Gasteiger partial charge in [-0.3, -0.25) is 4.98 Å². The summed E-state index contributed by atoms with van der Waals surface area (Å²) in [6, 6.07) is 7.76. The van der Waals surface area contributed by atoms with E-state index in [1.807, 2.05) is 28.8 Å². The summed E-state index contributed by atoms with van der Waals surface area (Å²) in [6.07, 6.45) is 6.28. The van der Waals surface area contributed by atoms with Crippen LogP contribution in [0.4, 0.5) is 5.82 Å². The minimum absolute atomic E-state index is 0.294. The molecular formula is C23H26N6O2. The first-order valence-electron chi connectivity index (χ1n) is 10.6. The van der Waals surface area contributed by atoms with Crippen LogP contribution in [-0.4, -0.2) is 37.1 Å². The second kappa shape index (κ2) is 9.07. The number of para-hydroxylation sites is 1. The number of esters is 1. The lowest BCUT2D eigenvalue weighted by atomic mass is 9.96. The number of carbonyl (C=O) groups excluding carboxylic acids is 1. The Morgan fingerprint density at radius 3 is 2.81 bits per heavy atom. The first-order chi connectivity index (χ1) is 15.1. The van der Waals surface area contributed by atoms with Gasteiger partial charge in [0.2, 0.25) is 0 Å². The molecule has 0 radical (unpaired) electrons. The normalized spacial score (nSPS) is 11.3. The van der Waals surface area contributed by atoms with Crippen LogP contribution < -0.4 is 5.73 Å². The lowest BCUT2D eigenvalue weighted by molar-refractivity contribution is 0.0497. The zero-order valence-corrected chi connectivity index (χ0v) is 17.8. The lowest BCUT2D eigenvalue weighted by Gasteiger charge is -2.15. The number of rotatable bonds is 8. The van der Waals surface area contributed by atoms with Crippen LogP contribution in [0.15, 0.2) is 36.9 Å². The van der Waals surface area contributed by atoms with Crippen LogP contribution in [0.2, 0.25) is 0 Å². The van der Waals surface area contributed by atoms with Crippen molar-refractivity contribution in [2.75, 3.05) is 12.3 Å². The Morgan fingerprint density at radius 1 is 1.16 bits per heavy atom. The van der Waals surface area contributed by atoms with Crippen molar-refractivity contribution in [1.82, 2.24) is 24.5 Å². The van der Waals surface area contributed by atoms with Crippen molar-refractivity contribution < 1.29 is 9.53 Å². The maximum Gasteiger partial charge on any atom is 0.339 e. The number of benzene rings is 1. The smallest absolute Gasteiger partial charge is 0.339 e. The molecule has 31 heavy (non-hydrogen) atoms. The van der Waals surface area contributed by atoms with Crippen molar-refractivity contribution in [3.8, 4) is 0 Å². The molecule has 0 saturated carbocycles. The molecule has 3 aromatic heterocycles. The summed E-state index contributed by atoms with van der Waals surface area (Å²) in [5.41, 5.74) is 10.5. The Kier molecular flexibility index (Phi) is 6.06. The van der Waals surface area contributed by atoms with E-state index in [1.165, 1.54) is 6.33 Å². The second-order valence-corrected chi connectivity index (χ2v) is 7.39. The molecule has 0 bridgehead atoms. The number of hydrogen-bond donors (Lipinski definition) is 1. The van der Waals surface area contributed by atoms with Crippen LogP contribution in [0.5, 0.6) is 0 Å². The maximum atomic E-state index is 13.1. The van der Waals surface area contributed by atoms with Gasteiger partial charge < -0.3 is 15.0 Å². The third-order valence-electron chi connectivity index (χ3n) is 5.33. The van der Waals surface area contributed by atoms with Gasteiger partial charge in [-0.15, -0.1) is 0 Å². The Hall–Kier alpha value is -3.55. The van der Waals surface area contributed by atoms with E-state index in [9.17, 15) is 4.79 Å². The fraction of sp³-hybridized carbons (Fsp3) is 0.348. The molecule has 0 amide bonds. The standard InChI is InChI=1S/C23H26N6O2/c1-3-8-17-15(4-2)19(16-9-5-6-10-18(16)28-17)23(30)31-12-7-11-29-14-27-20-21(24)25-13-26-22(20)29/h5-6,9-10,13-14H,3-4,7-8,11-12H2,1-2H3,(H2,24,25,26). The van der Waals surface area contributed by atoms with Crippen LogP contribution in [0.1, 0.15) is 48.3 Å². The van der Waals surface area contributed by atoms with Gasteiger partial charge in [-0.1, -0.05) is 38.5 Å². The van der Waals surface area contributed by atoms with E-state index in [-0.39, 0.29) is 5.97 Å². The van der Waals surface area contributed by atoms with Crippen LogP contribution in [-0.2, 0) is 24.1 Å². The van der Waals surface area contributed by atoms with Crippen LogP contribution in [0.25, 0.3) is 22.1 Å². The lowest BCUT2D eigenvalue weighted by Crippen LogP contribution is -2.14. The van der Waals surface area contributed by atoms with Gasteiger partial charge in [-0.2, -0.15) is 0 Å². The number of imidazole rings is 1. The number of anilines is 1. The SMILES string of the molecule is CCCc1nc2ccccc2c(C(=O)OCCCn2cnc3c(N)ncnc32)c1CC. The summed E-state index contributed by atoms with van der Waals surface area (Å²) >= 11 is 0. The maximum absolute atomic E-state index is 13.1. The quantitative estimate of drug-likeness (QED) is 0.343. The third kappa shape index (κ3) is 4.05. The van der Waals surface area contributed by atoms with Crippen molar-refractivity contribution in [2.45, 2.75) is 46.1 Å². The van der Waals surface area contributed by atoms with Crippen LogP contribution in [0.3, 0.4) is 0 Å². The second-order valence-electron chi connectivity index (χ2n) is 7.39. The molecule has 4 rings (SSSR count). The molecule has 0 aliphatic rings. The molecule has 0 saturated heterocycles. The molecule has 4 aromatic rings. The van der Waals surface area contributed by atoms with E-state index >= 15 is 0 Å². The van der Waals surface area contributed by atoms with Gasteiger partial charge in [-0.05, 0) is 30.9 Å². The number of pyridine rings is 1. The Labute approximate surface area is 180 Å². The highest BCUT2D eigenvalue weighted by atomic mass is 16.5. The Balaban J connectivity index is 1.51. The van der Waals surface area contributed by atoms with Gasteiger partial charge in [0.1, 0.15) is 11.8 Å². The predicted octanol–water partition coefficient (Wildman–Crippen LogP) is 3.72. The largest absolute Gasteiger partial charge is 0.462 e. The highest BCUT2D eigenvalue weighted by Crippen LogP contribution is 2.26. The number of ether oxygens (including phenoxy) is 1. The topological polar surface area (TPSA) is 109 Å². The molecule has 1 aromatic carbocycles. The molecule has 0 spiro atoms. The summed E-state index contributed by atoms with van der Waals surface area (Å²) in [7, 11) is 0. The molecule has 0 fully saturated rings. The minimum atomic E-state index is -0.296. The average molecular weight is 419 g/mol. The molecular weight excluding hydrogens is 392 g/mol. The molecule has 2 N–H and O–H groups in total. The molecule has 8 heteroatoms. The highest BCUT2D eigenvalue weighted by molar-refractivity contribution is 6.05. The Bertz CT molecular complexity index is 1230. The minimum Gasteiger partial charge on any atom is -0.462 e. The number of carbonyl (C=O) groups is 1. The number of aromatic nitrogens is 5. The first-order valence-corrected chi connectivity index (χ1v) is 10.6. The van der Waals surface area contributed by atoms with E-state index in [1.54, 1.807) is 6.33 Å². The molecule has 160 valence electrons. The van der Waals surface area contributed by atoms with Gasteiger partial charge in [0.25, 0.3) is 0 Å². The number of nitrogens with zero attached hydrogens (tertiary/aromatic N) is 5. The van der Waals surface area contributed by atoms with Gasteiger partial charge in [-0.25, -0.2) is 19.7 Å². The molecule has 0 atom stereocenters. The number of hydrogen-bond acceptors (Lipinski definition) is 7. The van der Waals surface area contributed by atoms with E-state index in [2.05, 4.69) is 28.8 Å². The summed E-state index contributed by atoms with van der Waals surface area (Å²) in [4.78, 5) is 30.4. The van der Waals surface area contributed by atoms with Crippen molar-refractivity contribution in [2.24, 2.45) is 0 Å². The molecule has 0 aliphatic heterocycles.